The Morgan fingerprint density at radius 3 is 2.36 bits per heavy atom. The van der Waals surface area contributed by atoms with Crippen molar-refractivity contribution in [1.82, 2.24) is 14.8 Å². The van der Waals surface area contributed by atoms with Crippen LogP contribution in [0.15, 0.2) is 77.9 Å². The lowest BCUT2D eigenvalue weighted by atomic mass is 9.95. The van der Waals surface area contributed by atoms with E-state index in [0.29, 0.717) is 18.0 Å². The maximum absolute atomic E-state index is 13.6. The van der Waals surface area contributed by atoms with Gasteiger partial charge in [0.25, 0.3) is 5.91 Å². The number of hydrogen-bond acceptors (Lipinski definition) is 4. The second-order valence-corrected chi connectivity index (χ2v) is 10.3. The van der Waals surface area contributed by atoms with Gasteiger partial charge in [-0.3, -0.25) is 14.6 Å². The third kappa shape index (κ3) is 5.54. The molecule has 0 aromatic heterocycles. The highest BCUT2D eigenvalue weighted by Crippen LogP contribution is 2.37. The Bertz CT molecular complexity index is 1250. The largest absolute Gasteiger partial charge is 0.297 e. The van der Waals surface area contributed by atoms with Crippen molar-refractivity contribution in [2.75, 3.05) is 32.7 Å². The number of hydrogen-bond donors (Lipinski definition) is 0. The molecule has 0 unspecified atom stereocenters. The molecule has 0 N–H and O–H groups in total. The topological polar surface area (TPSA) is 39.2 Å². The van der Waals surface area contributed by atoms with Gasteiger partial charge in [-0.05, 0) is 42.7 Å². The molecule has 1 atom stereocenters. The molecule has 5 rings (SSSR count). The summed E-state index contributed by atoms with van der Waals surface area (Å²) in [7, 11) is 0. The van der Waals surface area contributed by atoms with Gasteiger partial charge in [0.1, 0.15) is 0 Å². The van der Waals surface area contributed by atoms with E-state index in [9.17, 15) is 4.79 Å². The summed E-state index contributed by atoms with van der Waals surface area (Å²) < 4.78 is 0. The Morgan fingerprint density at radius 1 is 0.917 bits per heavy atom. The van der Waals surface area contributed by atoms with Gasteiger partial charge >= 0.3 is 0 Å². The van der Waals surface area contributed by atoms with E-state index in [1.165, 1.54) is 16.7 Å². The van der Waals surface area contributed by atoms with E-state index < -0.39 is 0 Å². The lowest BCUT2D eigenvalue weighted by Crippen LogP contribution is -2.49. The first-order valence-corrected chi connectivity index (χ1v) is 13.1. The number of amides is 1. The molecule has 1 fully saturated rings. The van der Waals surface area contributed by atoms with Crippen molar-refractivity contribution in [3.63, 3.8) is 0 Å². The highest BCUT2D eigenvalue weighted by atomic mass is 35.5. The van der Waals surface area contributed by atoms with Gasteiger partial charge in [-0.25, -0.2) is 5.01 Å². The van der Waals surface area contributed by atoms with Gasteiger partial charge in [0, 0.05) is 49.7 Å². The SMILES string of the molecule is Cc1ccc(C)c(C2=NN(C(=O)CN3CCN(Cc4ccccc4)CC3)[C@H](c3ccccc3Cl)C2)c1. The molecule has 1 amide bonds. The van der Waals surface area contributed by atoms with Gasteiger partial charge in [-0.2, -0.15) is 5.10 Å². The first kappa shape index (κ1) is 24.7. The van der Waals surface area contributed by atoms with Gasteiger partial charge in [0.2, 0.25) is 0 Å². The van der Waals surface area contributed by atoms with Gasteiger partial charge < -0.3 is 0 Å². The third-order valence-corrected chi connectivity index (χ3v) is 7.55. The van der Waals surface area contributed by atoms with E-state index in [1.807, 2.05) is 24.3 Å². The highest BCUT2D eigenvalue weighted by molar-refractivity contribution is 6.31. The molecular weight excluding hydrogens is 468 g/mol. The van der Waals surface area contributed by atoms with Crippen LogP contribution in [0.4, 0.5) is 0 Å². The first-order valence-electron chi connectivity index (χ1n) is 12.7. The minimum atomic E-state index is -0.194. The molecule has 0 aliphatic carbocycles. The molecule has 5 nitrogen and oxygen atoms in total. The van der Waals surface area contributed by atoms with E-state index in [1.54, 1.807) is 5.01 Å². The second-order valence-electron chi connectivity index (χ2n) is 9.88. The van der Waals surface area contributed by atoms with Crippen molar-refractivity contribution >= 4 is 23.2 Å². The van der Waals surface area contributed by atoms with Crippen LogP contribution < -0.4 is 0 Å². The standard InChI is InChI=1S/C30H33ClN4O/c1-22-12-13-23(2)26(18-22)28-19-29(25-10-6-7-11-27(25)31)35(32-28)30(36)21-34-16-14-33(15-17-34)20-24-8-4-3-5-9-24/h3-13,18,29H,14-17,19-21H2,1-2H3/t29-/m0/s1. The molecular formula is C30H33ClN4O. The first-order chi connectivity index (χ1) is 17.5. The fraction of sp³-hybridized carbons (Fsp3) is 0.333. The Kier molecular flexibility index (Phi) is 7.51. The molecule has 3 aromatic rings. The van der Waals surface area contributed by atoms with Crippen LogP contribution in [0.2, 0.25) is 5.02 Å². The quantitative estimate of drug-likeness (QED) is 0.451. The maximum Gasteiger partial charge on any atom is 0.257 e. The number of aryl methyl sites for hydroxylation is 2. The molecule has 1 saturated heterocycles. The summed E-state index contributed by atoms with van der Waals surface area (Å²) in [5, 5.41) is 7.26. The van der Waals surface area contributed by atoms with Crippen LogP contribution in [0.1, 0.15) is 40.3 Å². The van der Waals surface area contributed by atoms with Gasteiger partial charge in [0.15, 0.2) is 0 Å². The van der Waals surface area contributed by atoms with Crippen LogP contribution >= 0.6 is 11.6 Å². The second kappa shape index (κ2) is 11.0. The number of piperazine rings is 1. The van der Waals surface area contributed by atoms with Crippen molar-refractivity contribution < 1.29 is 4.79 Å². The van der Waals surface area contributed by atoms with E-state index in [4.69, 9.17) is 16.7 Å². The molecule has 0 bridgehead atoms. The number of rotatable bonds is 6. The summed E-state index contributed by atoms with van der Waals surface area (Å²) in [6.07, 6.45) is 0.657. The maximum atomic E-state index is 13.6. The van der Waals surface area contributed by atoms with E-state index in [2.05, 4.69) is 72.2 Å². The van der Waals surface area contributed by atoms with Crippen LogP contribution in [-0.4, -0.2) is 59.2 Å². The molecule has 0 radical (unpaired) electrons. The van der Waals surface area contributed by atoms with E-state index >= 15 is 0 Å². The molecule has 0 spiro atoms. The van der Waals surface area contributed by atoms with Crippen molar-refractivity contribution in [1.29, 1.82) is 0 Å². The molecule has 2 heterocycles. The fourth-order valence-corrected chi connectivity index (χ4v) is 5.41. The van der Waals surface area contributed by atoms with Crippen LogP contribution in [0.3, 0.4) is 0 Å². The predicted octanol–water partition coefficient (Wildman–Crippen LogP) is 5.45. The Labute approximate surface area is 219 Å². The van der Waals surface area contributed by atoms with Crippen molar-refractivity contribution in [3.05, 3.63) is 106 Å². The molecule has 2 aliphatic heterocycles. The summed E-state index contributed by atoms with van der Waals surface area (Å²) in [6.45, 7) is 9.15. The average molecular weight is 501 g/mol. The fourth-order valence-electron chi connectivity index (χ4n) is 5.15. The summed E-state index contributed by atoms with van der Waals surface area (Å²) in [6, 6.07) is 24.6. The number of benzene rings is 3. The zero-order chi connectivity index (χ0) is 25.1. The lowest BCUT2D eigenvalue weighted by molar-refractivity contribution is -0.134. The number of halogens is 1. The van der Waals surface area contributed by atoms with Crippen molar-refractivity contribution in [2.24, 2.45) is 5.10 Å². The van der Waals surface area contributed by atoms with Crippen LogP contribution in [0, 0.1) is 13.8 Å². The summed E-state index contributed by atoms with van der Waals surface area (Å²) in [4.78, 5) is 18.3. The monoisotopic (exact) mass is 500 g/mol. The number of hydrazone groups is 1. The normalized spacial score (nSPS) is 18.9. The molecule has 36 heavy (non-hydrogen) atoms. The minimum absolute atomic E-state index is 0.0248. The number of carbonyl (C=O) groups excluding carboxylic acids is 1. The van der Waals surface area contributed by atoms with Crippen molar-refractivity contribution in [2.45, 2.75) is 32.9 Å². The van der Waals surface area contributed by atoms with Crippen LogP contribution in [-0.2, 0) is 11.3 Å². The van der Waals surface area contributed by atoms with Crippen LogP contribution in [0.5, 0.6) is 0 Å². The molecule has 6 heteroatoms. The molecule has 186 valence electrons. The highest BCUT2D eigenvalue weighted by Gasteiger charge is 2.35. The molecule has 3 aromatic carbocycles. The van der Waals surface area contributed by atoms with E-state index in [-0.39, 0.29) is 11.9 Å². The number of carbonyl (C=O) groups is 1. The predicted molar refractivity (Wildman–Crippen MR) is 146 cm³/mol. The van der Waals surface area contributed by atoms with E-state index in [0.717, 1.165) is 49.6 Å². The van der Waals surface area contributed by atoms with Gasteiger partial charge in [-0.1, -0.05) is 77.8 Å². The summed E-state index contributed by atoms with van der Waals surface area (Å²) in [5.41, 5.74) is 6.69. The molecule has 2 aliphatic rings. The van der Waals surface area contributed by atoms with Crippen molar-refractivity contribution in [3.8, 4) is 0 Å². The lowest BCUT2D eigenvalue weighted by Gasteiger charge is -2.35. The minimum Gasteiger partial charge on any atom is -0.297 e. The zero-order valence-electron chi connectivity index (χ0n) is 21.0. The third-order valence-electron chi connectivity index (χ3n) is 7.21. The Hall–Kier alpha value is -2.99. The zero-order valence-corrected chi connectivity index (χ0v) is 21.8. The van der Waals surface area contributed by atoms with Gasteiger partial charge in [0.05, 0.1) is 18.3 Å². The Balaban J connectivity index is 1.30. The number of nitrogens with zero attached hydrogens (tertiary/aromatic N) is 4. The Morgan fingerprint density at radius 2 is 1.61 bits per heavy atom. The summed E-state index contributed by atoms with van der Waals surface area (Å²) in [5.74, 6) is 0.0248. The molecule has 0 saturated carbocycles. The average Bonchev–Trinajstić information content (AvgIpc) is 3.33. The van der Waals surface area contributed by atoms with Gasteiger partial charge in [-0.15, -0.1) is 0 Å². The smallest absolute Gasteiger partial charge is 0.257 e. The van der Waals surface area contributed by atoms with Crippen LogP contribution in [0.25, 0.3) is 0 Å². The summed E-state index contributed by atoms with van der Waals surface area (Å²) >= 11 is 6.59.